The van der Waals surface area contributed by atoms with E-state index in [1.54, 1.807) is 0 Å². The smallest absolute Gasteiger partial charge is 0.233 e. The minimum absolute atomic E-state index is 0.0585. The molecular weight excluding hydrogens is 595 g/mol. The predicted molar refractivity (Wildman–Crippen MR) is 177 cm³/mol. The summed E-state index contributed by atoms with van der Waals surface area (Å²) in [5.41, 5.74) is 3.20. The van der Waals surface area contributed by atoms with Crippen molar-refractivity contribution in [2.75, 3.05) is 21.3 Å². The summed E-state index contributed by atoms with van der Waals surface area (Å²) in [6.45, 7) is 0. The molecule has 0 saturated carbocycles. The van der Waals surface area contributed by atoms with Crippen LogP contribution >= 0.6 is 23.2 Å². The maximum Gasteiger partial charge on any atom is 0.233 e. The van der Waals surface area contributed by atoms with Gasteiger partial charge in [-0.05, 0) is 70.4 Å². The summed E-state index contributed by atoms with van der Waals surface area (Å²) in [6, 6.07) is 35.5. The van der Waals surface area contributed by atoms with Crippen LogP contribution in [0.3, 0.4) is 0 Å². The monoisotopic (exact) mass is 616 g/mol. The highest BCUT2D eigenvalue weighted by Gasteiger charge is 2.10. The molecule has 2 aromatic heterocycles. The number of fused-ring (bicyclic) bond motifs is 2. The fraction of sp³-hybridized carbons (Fsp3) is 0. The first-order chi connectivity index (χ1) is 21.6. The first-order valence-corrected chi connectivity index (χ1v) is 14.3. The van der Waals surface area contributed by atoms with Crippen LogP contribution in [0, 0.1) is 0 Å². The molecule has 10 nitrogen and oxygen atoms in total. The van der Waals surface area contributed by atoms with Gasteiger partial charge in [-0.2, -0.15) is 29.9 Å². The van der Waals surface area contributed by atoms with Crippen LogP contribution in [0.15, 0.2) is 109 Å². The van der Waals surface area contributed by atoms with E-state index in [4.69, 9.17) is 23.2 Å². The molecule has 5 aromatic carbocycles. The summed E-state index contributed by atoms with van der Waals surface area (Å²) >= 11 is 12.5. The number of aromatic nitrogens is 6. The van der Waals surface area contributed by atoms with Crippen molar-refractivity contribution in [3.05, 3.63) is 120 Å². The van der Waals surface area contributed by atoms with Gasteiger partial charge in [0.05, 0.1) is 0 Å². The lowest BCUT2D eigenvalue weighted by atomic mass is 10.1. The molecule has 0 saturated heterocycles. The minimum atomic E-state index is 0.0585. The van der Waals surface area contributed by atoms with Crippen LogP contribution in [-0.2, 0) is 0 Å². The number of anilines is 8. The number of rotatable bonds is 8. The van der Waals surface area contributed by atoms with Crippen LogP contribution < -0.4 is 21.3 Å². The standard InChI is InChI=1S/C32H22Cl2N10/c33-27-39-29(43-31(41-27)37-25-13-5-9-19-7-1-3-11-23(19)25)35-21-15-17-22(18-16-21)36-30-40-28(34)42-32(44-30)38-26-14-6-10-20-8-2-4-12-24(20)26/h1-18H,(H2,35,37,39,41,43)(H2,36,38,40,42,44). The molecule has 7 aromatic rings. The Hall–Kier alpha value is -5.58. The SMILES string of the molecule is Clc1nc(Nc2ccc(Nc3nc(Cl)nc(Nc4cccc5ccccc45)n3)cc2)nc(Nc2cccc3ccccc23)n1. The Morgan fingerprint density at radius 2 is 0.727 bits per heavy atom. The van der Waals surface area contributed by atoms with Gasteiger partial charge in [0.15, 0.2) is 0 Å². The summed E-state index contributed by atoms with van der Waals surface area (Å²) < 4.78 is 0. The first kappa shape index (κ1) is 27.3. The molecule has 0 aliphatic heterocycles. The average Bonchev–Trinajstić information content (AvgIpc) is 3.02. The van der Waals surface area contributed by atoms with Gasteiger partial charge in [-0.3, -0.25) is 0 Å². The average molecular weight is 618 g/mol. The normalized spacial score (nSPS) is 11.0. The summed E-state index contributed by atoms with van der Waals surface area (Å²) in [5, 5.41) is 17.2. The number of nitrogens with zero attached hydrogens (tertiary/aromatic N) is 6. The van der Waals surface area contributed by atoms with E-state index >= 15 is 0 Å². The lowest BCUT2D eigenvalue weighted by molar-refractivity contribution is 1.06. The van der Waals surface area contributed by atoms with E-state index in [2.05, 4.69) is 51.2 Å². The summed E-state index contributed by atoms with van der Waals surface area (Å²) in [4.78, 5) is 25.9. The molecule has 12 heteroatoms. The Morgan fingerprint density at radius 1 is 0.364 bits per heavy atom. The molecular formula is C32H22Cl2N10. The molecule has 44 heavy (non-hydrogen) atoms. The largest absolute Gasteiger partial charge is 0.324 e. The molecule has 0 atom stereocenters. The van der Waals surface area contributed by atoms with Crippen LogP contribution in [0.5, 0.6) is 0 Å². The van der Waals surface area contributed by atoms with Crippen molar-refractivity contribution in [1.29, 1.82) is 0 Å². The van der Waals surface area contributed by atoms with Crippen molar-refractivity contribution in [1.82, 2.24) is 29.9 Å². The Morgan fingerprint density at radius 3 is 1.16 bits per heavy atom. The van der Waals surface area contributed by atoms with E-state index in [0.29, 0.717) is 23.8 Å². The highest BCUT2D eigenvalue weighted by Crippen LogP contribution is 2.28. The molecule has 0 radical (unpaired) electrons. The molecule has 7 rings (SSSR count). The second-order valence-electron chi connectivity index (χ2n) is 9.63. The van der Waals surface area contributed by atoms with Crippen molar-refractivity contribution in [3.63, 3.8) is 0 Å². The van der Waals surface area contributed by atoms with Gasteiger partial charge in [-0.25, -0.2) is 0 Å². The maximum atomic E-state index is 6.23. The summed E-state index contributed by atoms with van der Waals surface area (Å²) in [5.74, 6) is 1.23. The van der Waals surface area contributed by atoms with Crippen LogP contribution in [0.4, 0.5) is 46.5 Å². The summed E-state index contributed by atoms with van der Waals surface area (Å²) in [7, 11) is 0. The third-order valence-corrected chi connectivity index (χ3v) is 7.02. The molecule has 214 valence electrons. The molecule has 0 aliphatic rings. The molecule has 2 heterocycles. The molecule has 0 unspecified atom stereocenters. The predicted octanol–water partition coefficient (Wildman–Crippen LogP) is 8.64. The zero-order chi connectivity index (χ0) is 29.9. The van der Waals surface area contributed by atoms with Gasteiger partial charge in [0.1, 0.15) is 0 Å². The van der Waals surface area contributed by atoms with E-state index in [1.807, 2.05) is 109 Å². The Bertz CT molecular complexity index is 1960. The zero-order valence-corrected chi connectivity index (χ0v) is 24.3. The van der Waals surface area contributed by atoms with Crippen molar-refractivity contribution in [3.8, 4) is 0 Å². The molecule has 0 spiro atoms. The first-order valence-electron chi connectivity index (χ1n) is 13.5. The van der Waals surface area contributed by atoms with Gasteiger partial charge in [0.25, 0.3) is 0 Å². The fourth-order valence-electron chi connectivity index (χ4n) is 4.73. The van der Waals surface area contributed by atoms with Crippen molar-refractivity contribution >= 4 is 91.3 Å². The van der Waals surface area contributed by atoms with Crippen LogP contribution in [0.25, 0.3) is 21.5 Å². The van der Waals surface area contributed by atoms with E-state index in [0.717, 1.165) is 44.3 Å². The Labute approximate surface area is 261 Å². The number of halogens is 2. The van der Waals surface area contributed by atoms with Crippen LogP contribution in [0.2, 0.25) is 10.6 Å². The molecule has 0 bridgehead atoms. The Kier molecular flexibility index (Phi) is 7.41. The van der Waals surface area contributed by atoms with Gasteiger partial charge in [-0.1, -0.05) is 72.8 Å². The lowest BCUT2D eigenvalue weighted by Crippen LogP contribution is -2.05. The van der Waals surface area contributed by atoms with Gasteiger partial charge in [0, 0.05) is 33.5 Å². The molecule has 0 amide bonds. The number of hydrogen-bond acceptors (Lipinski definition) is 10. The van der Waals surface area contributed by atoms with Gasteiger partial charge in [0.2, 0.25) is 34.4 Å². The van der Waals surface area contributed by atoms with Crippen molar-refractivity contribution in [2.45, 2.75) is 0 Å². The van der Waals surface area contributed by atoms with Crippen molar-refractivity contribution in [2.24, 2.45) is 0 Å². The van der Waals surface area contributed by atoms with Crippen LogP contribution in [-0.4, -0.2) is 29.9 Å². The number of benzene rings is 5. The topological polar surface area (TPSA) is 125 Å². The van der Waals surface area contributed by atoms with Crippen LogP contribution in [0.1, 0.15) is 0 Å². The van der Waals surface area contributed by atoms with Gasteiger partial charge in [-0.15, -0.1) is 0 Å². The van der Waals surface area contributed by atoms with Crippen molar-refractivity contribution < 1.29 is 0 Å². The fourth-order valence-corrected chi connectivity index (χ4v) is 5.05. The molecule has 0 aliphatic carbocycles. The zero-order valence-electron chi connectivity index (χ0n) is 22.8. The molecule has 0 fully saturated rings. The molecule has 4 N–H and O–H groups in total. The Balaban J connectivity index is 1.05. The quantitative estimate of drug-likeness (QED) is 0.132. The third kappa shape index (κ3) is 6.12. The van der Waals surface area contributed by atoms with E-state index in [1.165, 1.54) is 0 Å². The van der Waals surface area contributed by atoms with Gasteiger partial charge >= 0.3 is 0 Å². The highest BCUT2D eigenvalue weighted by atomic mass is 35.5. The van der Waals surface area contributed by atoms with E-state index in [-0.39, 0.29) is 10.6 Å². The van der Waals surface area contributed by atoms with Gasteiger partial charge < -0.3 is 21.3 Å². The second kappa shape index (κ2) is 12.0. The minimum Gasteiger partial charge on any atom is -0.324 e. The van der Waals surface area contributed by atoms with E-state index in [9.17, 15) is 0 Å². The number of hydrogen-bond donors (Lipinski definition) is 4. The highest BCUT2D eigenvalue weighted by molar-refractivity contribution is 6.28. The number of nitrogens with one attached hydrogen (secondary N) is 4. The lowest BCUT2D eigenvalue weighted by Gasteiger charge is -2.12. The summed E-state index contributed by atoms with van der Waals surface area (Å²) in [6.07, 6.45) is 0. The third-order valence-electron chi connectivity index (χ3n) is 6.69. The second-order valence-corrected chi connectivity index (χ2v) is 10.3. The maximum absolute atomic E-state index is 6.23. The van der Waals surface area contributed by atoms with E-state index < -0.39 is 0 Å².